The fourth-order valence-electron chi connectivity index (χ4n) is 3.96. The first-order valence-corrected chi connectivity index (χ1v) is 8.97. The lowest BCUT2D eigenvalue weighted by Crippen LogP contribution is -2.44. The van der Waals surface area contributed by atoms with Gasteiger partial charge >= 0.3 is 5.97 Å². The number of likely N-dealkylation sites (tertiary alicyclic amines) is 1. The average Bonchev–Trinajstić information content (AvgIpc) is 3.20. The Kier molecular flexibility index (Phi) is 4.48. The van der Waals surface area contributed by atoms with Crippen molar-refractivity contribution in [2.45, 2.75) is 24.8 Å². The third-order valence-corrected chi connectivity index (χ3v) is 5.24. The maximum absolute atomic E-state index is 13.6. The summed E-state index contributed by atoms with van der Waals surface area (Å²) in [5.41, 5.74) is 1.53. The molecule has 1 fully saturated rings. The van der Waals surface area contributed by atoms with Crippen LogP contribution in [0.4, 0.5) is 0 Å². The van der Waals surface area contributed by atoms with Crippen LogP contribution in [0.1, 0.15) is 29.9 Å². The van der Waals surface area contributed by atoms with E-state index in [0.29, 0.717) is 30.2 Å². The Bertz CT molecular complexity index is 894. The lowest BCUT2D eigenvalue weighted by molar-refractivity contribution is -0.151. The normalized spacial score (nSPS) is 20.3. The first kappa shape index (κ1) is 17.4. The standard InChI is InChI=1S/C21H21NO5/c1-25-17-11-5-8-14-18(13-7-3-4-10-16(13)27-19(14)17)20(23)22-12-6-9-15(22)21(24)26-2/h3-5,7-8,10-11,15,18H,6,9,12H2,1-2H3/t15-,18?/m0/s1. The van der Waals surface area contributed by atoms with Crippen LogP contribution >= 0.6 is 0 Å². The highest BCUT2D eigenvalue weighted by Gasteiger charge is 2.42. The first-order chi connectivity index (χ1) is 13.2. The lowest BCUT2D eigenvalue weighted by Gasteiger charge is -2.32. The number of carbonyl (C=O) groups excluding carboxylic acids is 2. The van der Waals surface area contributed by atoms with Crippen molar-refractivity contribution < 1.29 is 23.8 Å². The Morgan fingerprint density at radius 1 is 1.07 bits per heavy atom. The summed E-state index contributed by atoms with van der Waals surface area (Å²) in [7, 11) is 2.93. The molecule has 2 atom stereocenters. The lowest BCUT2D eigenvalue weighted by atomic mass is 9.86. The molecule has 0 bridgehead atoms. The van der Waals surface area contributed by atoms with Gasteiger partial charge in [-0.3, -0.25) is 4.79 Å². The van der Waals surface area contributed by atoms with E-state index in [-0.39, 0.29) is 11.9 Å². The predicted octanol–water partition coefficient (Wildman–Crippen LogP) is 3.10. The first-order valence-electron chi connectivity index (χ1n) is 8.97. The van der Waals surface area contributed by atoms with Crippen molar-refractivity contribution in [3.63, 3.8) is 0 Å². The number of amides is 1. The highest BCUT2D eigenvalue weighted by Crippen LogP contribution is 2.49. The molecule has 0 N–H and O–H groups in total. The molecule has 4 rings (SSSR count). The van der Waals surface area contributed by atoms with E-state index < -0.39 is 12.0 Å². The molecule has 1 amide bonds. The molecule has 6 nitrogen and oxygen atoms in total. The van der Waals surface area contributed by atoms with Crippen LogP contribution < -0.4 is 9.47 Å². The maximum atomic E-state index is 13.6. The summed E-state index contributed by atoms with van der Waals surface area (Å²) < 4.78 is 16.4. The van der Waals surface area contributed by atoms with Crippen LogP contribution in [0.15, 0.2) is 42.5 Å². The Morgan fingerprint density at radius 3 is 2.63 bits per heavy atom. The Morgan fingerprint density at radius 2 is 1.85 bits per heavy atom. The average molecular weight is 367 g/mol. The number of para-hydroxylation sites is 2. The monoisotopic (exact) mass is 367 g/mol. The second-order valence-corrected chi connectivity index (χ2v) is 6.66. The molecule has 27 heavy (non-hydrogen) atoms. The zero-order valence-electron chi connectivity index (χ0n) is 15.3. The summed E-state index contributed by atoms with van der Waals surface area (Å²) in [6.07, 6.45) is 1.40. The van der Waals surface area contributed by atoms with Crippen LogP contribution in [-0.2, 0) is 14.3 Å². The van der Waals surface area contributed by atoms with Crippen molar-refractivity contribution in [1.29, 1.82) is 0 Å². The van der Waals surface area contributed by atoms with Crippen molar-refractivity contribution in [3.8, 4) is 17.2 Å². The molecule has 0 radical (unpaired) electrons. The second-order valence-electron chi connectivity index (χ2n) is 6.66. The van der Waals surface area contributed by atoms with E-state index in [4.69, 9.17) is 14.2 Å². The van der Waals surface area contributed by atoms with Crippen molar-refractivity contribution >= 4 is 11.9 Å². The molecule has 0 saturated carbocycles. The third-order valence-electron chi connectivity index (χ3n) is 5.24. The number of esters is 1. The number of nitrogens with zero attached hydrogens (tertiary/aromatic N) is 1. The van der Waals surface area contributed by atoms with Gasteiger partial charge in [0.1, 0.15) is 11.8 Å². The van der Waals surface area contributed by atoms with Crippen LogP contribution in [0.25, 0.3) is 0 Å². The van der Waals surface area contributed by atoms with Gasteiger partial charge < -0.3 is 19.1 Å². The fourth-order valence-corrected chi connectivity index (χ4v) is 3.96. The van der Waals surface area contributed by atoms with Crippen molar-refractivity contribution in [2.24, 2.45) is 0 Å². The van der Waals surface area contributed by atoms with Gasteiger partial charge in [0.25, 0.3) is 0 Å². The van der Waals surface area contributed by atoms with Gasteiger partial charge in [0.15, 0.2) is 11.5 Å². The fraction of sp³-hybridized carbons (Fsp3) is 0.333. The molecular weight excluding hydrogens is 346 g/mol. The largest absolute Gasteiger partial charge is 0.493 e. The molecule has 2 aromatic rings. The molecule has 140 valence electrons. The zero-order chi connectivity index (χ0) is 19.0. The molecule has 2 aliphatic rings. The number of ether oxygens (including phenoxy) is 3. The van der Waals surface area contributed by atoms with Gasteiger partial charge in [0, 0.05) is 17.7 Å². The van der Waals surface area contributed by atoms with E-state index in [1.165, 1.54) is 7.11 Å². The van der Waals surface area contributed by atoms with E-state index in [1.807, 2.05) is 36.4 Å². The number of hydrogen-bond acceptors (Lipinski definition) is 5. The molecule has 2 aliphatic heterocycles. The molecule has 0 spiro atoms. The number of carbonyl (C=O) groups is 2. The summed E-state index contributed by atoms with van der Waals surface area (Å²) in [6.45, 7) is 0.539. The minimum atomic E-state index is -0.551. The Hall–Kier alpha value is -3.02. The Balaban J connectivity index is 1.81. The van der Waals surface area contributed by atoms with Gasteiger partial charge in [0.05, 0.1) is 20.1 Å². The molecule has 6 heteroatoms. The van der Waals surface area contributed by atoms with E-state index >= 15 is 0 Å². The van der Waals surface area contributed by atoms with Gasteiger partial charge in [-0.1, -0.05) is 30.3 Å². The number of rotatable bonds is 3. The minimum Gasteiger partial charge on any atom is -0.493 e. The highest BCUT2D eigenvalue weighted by molar-refractivity contribution is 5.93. The molecule has 2 aromatic carbocycles. The maximum Gasteiger partial charge on any atom is 0.328 e. The summed E-state index contributed by atoms with van der Waals surface area (Å²) in [6, 6.07) is 12.5. The number of fused-ring (bicyclic) bond motifs is 2. The summed E-state index contributed by atoms with van der Waals surface area (Å²) in [5, 5.41) is 0. The Labute approximate surface area is 157 Å². The molecular formula is C21H21NO5. The van der Waals surface area contributed by atoms with Crippen LogP contribution in [0.5, 0.6) is 17.2 Å². The van der Waals surface area contributed by atoms with Gasteiger partial charge in [-0.2, -0.15) is 0 Å². The minimum absolute atomic E-state index is 0.117. The molecule has 0 aromatic heterocycles. The third kappa shape index (κ3) is 2.81. The van der Waals surface area contributed by atoms with Crippen molar-refractivity contribution in [3.05, 3.63) is 53.6 Å². The zero-order valence-corrected chi connectivity index (χ0v) is 15.3. The van der Waals surface area contributed by atoms with Crippen molar-refractivity contribution in [2.75, 3.05) is 20.8 Å². The van der Waals surface area contributed by atoms with E-state index in [1.54, 1.807) is 18.1 Å². The predicted molar refractivity (Wildman–Crippen MR) is 98.1 cm³/mol. The van der Waals surface area contributed by atoms with Gasteiger partial charge in [0.2, 0.25) is 5.91 Å². The number of hydrogen-bond donors (Lipinski definition) is 0. The molecule has 2 heterocycles. The van der Waals surface area contributed by atoms with Gasteiger partial charge in [-0.05, 0) is 25.0 Å². The molecule has 1 saturated heterocycles. The van der Waals surface area contributed by atoms with Crippen molar-refractivity contribution in [1.82, 2.24) is 4.90 Å². The van der Waals surface area contributed by atoms with Crippen LogP contribution in [0, 0.1) is 0 Å². The quantitative estimate of drug-likeness (QED) is 0.780. The number of methoxy groups -OCH3 is 2. The summed E-state index contributed by atoms with van der Waals surface area (Å²) in [4.78, 5) is 27.4. The van der Waals surface area contributed by atoms with E-state index in [9.17, 15) is 9.59 Å². The van der Waals surface area contributed by atoms with Crippen LogP contribution in [0.2, 0.25) is 0 Å². The summed E-state index contributed by atoms with van der Waals surface area (Å²) >= 11 is 0. The SMILES string of the molecule is COC(=O)[C@@H]1CCCN1C(=O)C1c2ccccc2Oc2c(OC)cccc21. The topological polar surface area (TPSA) is 65.1 Å². The van der Waals surface area contributed by atoms with E-state index in [2.05, 4.69) is 0 Å². The molecule has 1 unspecified atom stereocenters. The highest BCUT2D eigenvalue weighted by atomic mass is 16.5. The van der Waals surface area contributed by atoms with E-state index in [0.717, 1.165) is 17.5 Å². The van der Waals surface area contributed by atoms with Gasteiger partial charge in [-0.15, -0.1) is 0 Å². The van der Waals surface area contributed by atoms with Gasteiger partial charge in [-0.25, -0.2) is 4.79 Å². The number of benzene rings is 2. The second kappa shape index (κ2) is 6.95. The van der Waals surface area contributed by atoms with Crippen LogP contribution in [0.3, 0.4) is 0 Å². The van der Waals surface area contributed by atoms with Crippen LogP contribution in [-0.4, -0.2) is 43.6 Å². The summed E-state index contributed by atoms with van der Waals surface area (Å²) in [5.74, 6) is 0.712. The molecule has 0 aliphatic carbocycles. The smallest absolute Gasteiger partial charge is 0.328 e.